The molecule has 0 aliphatic heterocycles. The Morgan fingerprint density at radius 2 is 2.09 bits per heavy atom. The molecule has 0 aromatic carbocycles. The maximum Gasteiger partial charge on any atom is 0.0759 e. The third kappa shape index (κ3) is 2.72. The fourth-order valence-electron chi connectivity index (χ4n) is 2.16. The van der Waals surface area contributed by atoms with Gasteiger partial charge in [0.05, 0.1) is 9.20 Å². The van der Waals surface area contributed by atoms with E-state index in [4.69, 9.17) is 0 Å². The van der Waals surface area contributed by atoms with Crippen LogP contribution < -0.4 is 0 Å². The van der Waals surface area contributed by atoms with E-state index in [1.54, 1.807) is 0 Å². The molecule has 11 heavy (non-hydrogen) atoms. The smallest absolute Gasteiger partial charge is 0.0759 e. The van der Waals surface area contributed by atoms with Crippen molar-refractivity contribution < 1.29 is 0 Å². The molecule has 0 radical (unpaired) electrons. The van der Waals surface area contributed by atoms with E-state index < -0.39 is 0 Å². The molecular formula is C8H21NSi2. The van der Waals surface area contributed by atoms with E-state index in [0.717, 1.165) is 6.04 Å². The zero-order valence-electron chi connectivity index (χ0n) is 7.97. The molecule has 1 fully saturated rings. The SMILES string of the molecule is CCCN([SiH2][SiH3])C1CCCC1. The topological polar surface area (TPSA) is 3.24 Å². The first-order valence-electron chi connectivity index (χ1n) is 5.12. The molecule has 0 atom stereocenters. The highest BCUT2D eigenvalue weighted by molar-refractivity contribution is 6.87. The molecule has 1 saturated carbocycles. The summed E-state index contributed by atoms with van der Waals surface area (Å²) in [5.41, 5.74) is 0. The summed E-state index contributed by atoms with van der Waals surface area (Å²) < 4.78 is 2.85. The van der Waals surface area contributed by atoms with Crippen LogP contribution in [0.15, 0.2) is 0 Å². The molecule has 1 aliphatic rings. The normalized spacial score (nSPS) is 21.3. The second-order valence-corrected chi connectivity index (χ2v) is 6.91. The monoisotopic (exact) mass is 187 g/mol. The molecule has 0 spiro atoms. The van der Waals surface area contributed by atoms with Crippen LogP contribution in [0.25, 0.3) is 0 Å². The number of hydrogen-bond donors (Lipinski definition) is 0. The summed E-state index contributed by atoms with van der Waals surface area (Å²) in [7, 11) is 1.75. The van der Waals surface area contributed by atoms with Gasteiger partial charge in [0.15, 0.2) is 0 Å². The Kier molecular flexibility index (Phi) is 4.41. The van der Waals surface area contributed by atoms with E-state index in [1.165, 1.54) is 48.4 Å². The van der Waals surface area contributed by atoms with Crippen LogP contribution in [0.3, 0.4) is 0 Å². The quantitative estimate of drug-likeness (QED) is 0.560. The summed E-state index contributed by atoms with van der Waals surface area (Å²) in [5.74, 6) is 0. The Labute approximate surface area is 75.7 Å². The van der Waals surface area contributed by atoms with Crippen LogP contribution in [0.5, 0.6) is 0 Å². The predicted octanol–water partition coefficient (Wildman–Crippen LogP) is 0.00520. The number of rotatable bonds is 4. The molecular weight excluding hydrogens is 166 g/mol. The predicted molar refractivity (Wildman–Crippen MR) is 57.7 cm³/mol. The Morgan fingerprint density at radius 1 is 1.45 bits per heavy atom. The zero-order chi connectivity index (χ0) is 8.10. The standard InChI is InChI=1S/C8H21NSi2/c1-2-7-9(11-10)8-5-3-4-6-8/h8H,2-7,11H2,1,10H3. The van der Waals surface area contributed by atoms with Crippen molar-refractivity contribution in [3.05, 3.63) is 0 Å². The van der Waals surface area contributed by atoms with Gasteiger partial charge in [-0.1, -0.05) is 19.8 Å². The molecule has 0 saturated heterocycles. The number of hydrogen-bond acceptors (Lipinski definition) is 1. The lowest BCUT2D eigenvalue weighted by atomic mass is 10.2. The van der Waals surface area contributed by atoms with Crippen molar-refractivity contribution in [3.63, 3.8) is 0 Å². The van der Waals surface area contributed by atoms with Crippen LogP contribution in [0.1, 0.15) is 39.0 Å². The lowest BCUT2D eigenvalue weighted by Crippen LogP contribution is -2.37. The van der Waals surface area contributed by atoms with Crippen LogP contribution in [-0.2, 0) is 0 Å². The molecule has 0 bridgehead atoms. The molecule has 0 unspecified atom stereocenters. The van der Waals surface area contributed by atoms with E-state index >= 15 is 0 Å². The van der Waals surface area contributed by atoms with E-state index in [0.29, 0.717) is 0 Å². The molecule has 0 heterocycles. The van der Waals surface area contributed by atoms with Crippen LogP contribution in [0.2, 0.25) is 0 Å². The highest BCUT2D eigenvalue weighted by Crippen LogP contribution is 2.22. The van der Waals surface area contributed by atoms with Gasteiger partial charge in [0.25, 0.3) is 0 Å². The maximum absolute atomic E-state index is 2.85. The van der Waals surface area contributed by atoms with Crippen molar-refractivity contribution >= 4 is 19.0 Å². The summed E-state index contributed by atoms with van der Waals surface area (Å²) in [6.45, 7) is 3.72. The minimum Gasteiger partial charge on any atom is -0.330 e. The molecule has 0 amide bonds. The summed E-state index contributed by atoms with van der Waals surface area (Å²) in [6.07, 6.45) is 7.39. The Bertz CT molecular complexity index is 102. The molecule has 1 aliphatic carbocycles. The van der Waals surface area contributed by atoms with Crippen molar-refractivity contribution in [2.75, 3.05) is 6.54 Å². The lowest BCUT2D eigenvalue weighted by molar-refractivity contribution is 0.339. The van der Waals surface area contributed by atoms with E-state index in [9.17, 15) is 0 Å². The number of nitrogens with zero attached hydrogens (tertiary/aromatic N) is 1. The first kappa shape index (κ1) is 9.48. The van der Waals surface area contributed by atoms with E-state index in [-0.39, 0.29) is 9.20 Å². The van der Waals surface area contributed by atoms with E-state index in [2.05, 4.69) is 11.5 Å². The maximum atomic E-state index is 2.85. The molecule has 1 rings (SSSR count). The lowest BCUT2D eigenvalue weighted by Gasteiger charge is -2.26. The van der Waals surface area contributed by atoms with E-state index in [1.807, 2.05) is 0 Å². The van der Waals surface area contributed by atoms with Crippen LogP contribution in [0, 0.1) is 0 Å². The first-order chi connectivity index (χ1) is 5.38. The molecule has 3 heteroatoms. The Morgan fingerprint density at radius 3 is 2.55 bits per heavy atom. The summed E-state index contributed by atoms with van der Waals surface area (Å²) in [5, 5.41) is 0. The molecule has 66 valence electrons. The molecule has 0 aromatic heterocycles. The average Bonchev–Trinajstić information content (AvgIpc) is 2.52. The van der Waals surface area contributed by atoms with Gasteiger partial charge in [0.1, 0.15) is 0 Å². The Balaban J connectivity index is 2.27. The third-order valence-corrected chi connectivity index (χ3v) is 6.84. The van der Waals surface area contributed by atoms with Gasteiger partial charge in [-0.2, -0.15) is 0 Å². The van der Waals surface area contributed by atoms with Crippen molar-refractivity contribution in [1.82, 2.24) is 4.57 Å². The summed E-state index contributed by atoms with van der Waals surface area (Å²) in [4.78, 5) is 0. The molecule has 0 N–H and O–H groups in total. The second kappa shape index (κ2) is 5.11. The highest BCUT2D eigenvalue weighted by Gasteiger charge is 2.19. The average molecular weight is 187 g/mol. The fraction of sp³-hybridized carbons (Fsp3) is 1.00. The van der Waals surface area contributed by atoms with Crippen molar-refractivity contribution in [1.29, 1.82) is 0 Å². The first-order valence-corrected chi connectivity index (χ1v) is 11.4. The van der Waals surface area contributed by atoms with Crippen LogP contribution >= 0.6 is 0 Å². The van der Waals surface area contributed by atoms with Crippen LogP contribution in [0.4, 0.5) is 0 Å². The zero-order valence-corrected chi connectivity index (χ0v) is 11.4. The summed E-state index contributed by atoms with van der Waals surface area (Å²) in [6, 6.07) is 1.03. The van der Waals surface area contributed by atoms with Gasteiger partial charge in [-0.15, -0.1) is 0 Å². The van der Waals surface area contributed by atoms with Crippen molar-refractivity contribution in [2.45, 2.75) is 45.1 Å². The molecule has 0 aromatic rings. The van der Waals surface area contributed by atoms with Crippen LogP contribution in [-0.4, -0.2) is 36.1 Å². The van der Waals surface area contributed by atoms with Gasteiger partial charge >= 0.3 is 0 Å². The Hall–Kier alpha value is 0.394. The van der Waals surface area contributed by atoms with Gasteiger partial charge < -0.3 is 4.57 Å². The van der Waals surface area contributed by atoms with Gasteiger partial charge in [-0.05, 0) is 25.8 Å². The summed E-state index contributed by atoms with van der Waals surface area (Å²) >= 11 is 0. The minimum absolute atomic E-state index is 0.260. The fourth-order valence-corrected chi connectivity index (χ4v) is 6.17. The third-order valence-electron chi connectivity index (χ3n) is 2.76. The highest BCUT2D eigenvalue weighted by atomic mass is 29.1. The van der Waals surface area contributed by atoms with Gasteiger partial charge in [0, 0.05) is 15.8 Å². The van der Waals surface area contributed by atoms with Crippen molar-refractivity contribution in [3.8, 4) is 0 Å². The van der Waals surface area contributed by atoms with Crippen molar-refractivity contribution in [2.24, 2.45) is 0 Å². The second-order valence-electron chi connectivity index (χ2n) is 3.57. The molecule has 1 nitrogen and oxygen atoms in total. The van der Waals surface area contributed by atoms with Gasteiger partial charge in [0.2, 0.25) is 0 Å². The minimum atomic E-state index is 0.260. The largest absolute Gasteiger partial charge is 0.330 e. The van der Waals surface area contributed by atoms with Gasteiger partial charge in [-0.3, -0.25) is 0 Å². The van der Waals surface area contributed by atoms with Gasteiger partial charge in [-0.25, -0.2) is 0 Å².